The van der Waals surface area contributed by atoms with E-state index >= 15 is 0 Å². The standard InChI is InChI=1S/C15H20F3NO/c1-11(19-10-14-4-2-3-9-20-14)12-5-7-13(8-6-12)15(16,17)18/h5-8,11,14,19H,2-4,9-10H2,1H3. The Labute approximate surface area is 117 Å². The quantitative estimate of drug-likeness (QED) is 0.906. The molecular weight excluding hydrogens is 267 g/mol. The summed E-state index contributed by atoms with van der Waals surface area (Å²) in [4.78, 5) is 0. The van der Waals surface area contributed by atoms with Gasteiger partial charge in [0.15, 0.2) is 0 Å². The van der Waals surface area contributed by atoms with Gasteiger partial charge in [0, 0.05) is 19.2 Å². The molecule has 5 heteroatoms. The summed E-state index contributed by atoms with van der Waals surface area (Å²) in [5.74, 6) is 0. The van der Waals surface area contributed by atoms with Crippen LogP contribution in [0.4, 0.5) is 13.2 Å². The molecule has 1 N–H and O–H groups in total. The number of halogens is 3. The van der Waals surface area contributed by atoms with Crippen molar-refractivity contribution in [2.24, 2.45) is 0 Å². The van der Waals surface area contributed by atoms with Crippen LogP contribution in [0.2, 0.25) is 0 Å². The highest BCUT2D eigenvalue weighted by Gasteiger charge is 2.30. The molecule has 0 radical (unpaired) electrons. The van der Waals surface area contributed by atoms with Crippen molar-refractivity contribution in [3.05, 3.63) is 35.4 Å². The highest BCUT2D eigenvalue weighted by atomic mass is 19.4. The predicted molar refractivity (Wildman–Crippen MR) is 71.5 cm³/mol. The van der Waals surface area contributed by atoms with Gasteiger partial charge in [0.25, 0.3) is 0 Å². The largest absolute Gasteiger partial charge is 0.416 e. The van der Waals surface area contributed by atoms with Gasteiger partial charge in [0.2, 0.25) is 0 Å². The molecule has 2 unspecified atom stereocenters. The maximum absolute atomic E-state index is 12.5. The average molecular weight is 287 g/mol. The summed E-state index contributed by atoms with van der Waals surface area (Å²) in [6.45, 7) is 3.49. The number of hydrogen-bond donors (Lipinski definition) is 1. The molecule has 20 heavy (non-hydrogen) atoms. The summed E-state index contributed by atoms with van der Waals surface area (Å²) in [6.07, 6.45) is -0.704. The summed E-state index contributed by atoms with van der Waals surface area (Å²) < 4.78 is 43.1. The Kier molecular flexibility index (Phi) is 5.05. The van der Waals surface area contributed by atoms with Crippen LogP contribution in [-0.4, -0.2) is 19.3 Å². The summed E-state index contributed by atoms with van der Waals surface area (Å²) in [5.41, 5.74) is 0.248. The monoisotopic (exact) mass is 287 g/mol. The van der Waals surface area contributed by atoms with Crippen LogP contribution in [0.15, 0.2) is 24.3 Å². The van der Waals surface area contributed by atoms with Crippen molar-refractivity contribution in [3.63, 3.8) is 0 Å². The highest BCUT2D eigenvalue weighted by Crippen LogP contribution is 2.29. The molecule has 0 amide bonds. The van der Waals surface area contributed by atoms with E-state index in [1.165, 1.54) is 18.6 Å². The van der Waals surface area contributed by atoms with Gasteiger partial charge in [-0.25, -0.2) is 0 Å². The smallest absolute Gasteiger partial charge is 0.377 e. The van der Waals surface area contributed by atoms with Gasteiger partial charge in [-0.3, -0.25) is 0 Å². The van der Waals surface area contributed by atoms with Crippen molar-refractivity contribution >= 4 is 0 Å². The van der Waals surface area contributed by atoms with Crippen molar-refractivity contribution in [2.45, 2.75) is 44.5 Å². The Morgan fingerprint density at radius 1 is 1.25 bits per heavy atom. The van der Waals surface area contributed by atoms with E-state index in [0.29, 0.717) is 0 Å². The van der Waals surface area contributed by atoms with E-state index in [-0.39, 0.29) is 12.1 Å². The number of hydrogen-bond acceptors (Lipinski definition) is 2. The molecule has 1 fully saturated rings. The number of nitrogens with one attached hydrogen (secondary N) is 1. The van der Waals surface area contributed by atoms with Gasteiger partial charge in [-0.1, -0.05) is 12.1 Å². The first kappa shape index (κ1) is 15.3. The Balaban J connectivity index is 1.87. The first-order chi connectivity index (χ1) is 9.47. The van der Waals surface area contributed by atoms with Gasteiger partial charge in [0.1, 0.15) is 0 Å². The summed E-state index contributed by atoms with van der Waals surface area (Å²) >= 11 is 0. The summed E-state index contributed by atoms with van der Waals surface area (Å²) in [7, 11) is 0. The van der Waals surface area contributed by atoms with E-state index in [0.717, 1.165) is 43.7 Å². The van der Waals surface area contributed by atoms with Crippen molar-refractivity contribution in [3.8, 4) is 0 Å². The average Bonchev–Trinajstić information content (AvgIpc) is 2.45. The van der Waals surface area contributed by atoms with Gasteiger partial charge in [-0.15, -0.1) is 0 Å². The second-order valence-corrected chi connectivity index (χ2v) is 5.24. The lowest BCUT2D eigenvalue weighted by atomic mass is 10.0. The first-order valence-electron chi connectivity index (χ1n) is 6.99. The number of rotatable bonds is 4. The lowest BCUT2D eigenvalue weighted by Crippen LogP contribution is -2.33. The SMILES string of the molecule is CC(NCC1CCCCO1)c1ccc(C(F)(F)F)cc1. The summed E-state index contributed by atoms with van der Waals surface area (Å²) in [6, 6.07) is 5.34. The Hall–Kier alpha value is -1.07. The predicted octanol–water partition coefficient (Wildman–Crippen LogP) is 3.93. The molecule has 1 aromatic carbocycles. The van der Waals surface area contributed by atoms with Crippen LogP contribution < -0.4 is 5.32 Å². The van der Waals surface area contributed by atoms with E-state index in [4.69, 9.17) is 4.74 Å². The van der Waals surface area contributed by atoms with Crippen LogP contribution >= 0.6 is 0 Å². The first-order valence-corrected chi connectivity index (χ1v) is 6.99. The van der Waals surface area contributed by atoms with Crippen molar-refractivity contribution in [1.82, 2.24) is 5.32 Å². The number of benzene rings is 1. The molecule has 0 saturated carbocycles. The highest BCUT2D eigenvalue weighted by molar-refractivity contribution is 5.26. The van der Waals surface area contributed by atoms with E-state index in [1.54, 1.807) is 0 Å². The second kappa shape index (κ2) is 6.59. The molecule has 112 valence electrons. The van der Waals surface area contributed by atoms with E-state index < -0.39 is 11.7 Å². The minimum absolute atomic E-state index is 0.0165. The number of alkyl halides is 3. The van der Waals surface area contributed by atoms with Crippen LogP contribution in [-0.2, 0) is 10.9 Å². The molecule has 2 rings (SSSR count). The van der Waals surface area contributed by atoms with E-state index in [2.05, 4.69) is 5.32 Å². The molecule has 1 aliphatic heterocycles. The Morgan fingerprint density at radius 3 is 2.50 bits per heavy atom. The van der Waals surface area contributed by atoms with Gasteiger partial charge in [-0.05, 0) is 43.9 Å². The zero-order valence-electron chi connectivity index (χ0n) is 11.5. The zero-order chi connectivity index (χ0) is 14.6. The van der Waals surface area contributed by atoms with Crippen LogP contribution in [0, 0.1) is 0 Å². The topological polar surface area (TPSA) is 21.3 Å². The van der Waals surface area contributed by atoms with Gasteiger partial charge < -0.3 is 10.1 Å². The third-order valence-electron chi connectivity index (χ3n) is 3.66. The Morgan fingerprint density at radius 2 is 1.95 bits per heavy atom. The molecular formula is C15H20F3NO. The van der Waals surface area contributed by atoms with Crippen LogP contribution in [0.25, 0.3) is 0 Å². The van der Waals surface area contributed by atoms with Gasteiger partial charge in [-0.2, -0.15) is 13.2 Å². The molecule has 1 heterocycles. The minimum atomic E-state index is -4.27. The fourth-order valence-electron chi connectivity index (χ4n) is 2.36. The third kappa shape index (κ3) is 4.21. The fraction of sp³-hybridized carbons (Fsp3) is 0.600. The zero-order valence-corrected chi connectivity index (χ0v) is 11.5. The normalized spacial score (nSPS) is 21.7. The molecule has 2 atom stereocenters. The van der Waals surface area contributed by atoms with Crippen molar-refractivity contribution < 1.29 is 17.9 Å². The number of ether oxygens (including phenoxy) is 1. The maximum Gasteiger partial charge on any atom is 0.416 e. The molecule has 2 nitrogen and oxygen atoms in total. The minimum Gasteiger partial charge on any atom is -0.377 e. The van der Waals surface area contributed by atoms with Gasteiger partial charge in [0.05, 0.1) is 11.7 Å². The van der Waals surface area contributed by atoms with Crippen LogP contribution in [0.5, 0.6) is 0 Å². The lowest BCUT2D eigenvalue weighted by molar-refractivity contribution is -0.137. The van der Waals surface area contributed by atoms with Crippen molar-refractivity contribution in [1.29, 1.82) is 0 Å². The van der Waals surface area contributed by atoms with E-state index in [1.807, 2.05) is 6.92 Å². The molecule has 1 saturated heterocycles. The van der Waals surface area contributed by atoms with Crippen LogP contribution in [0.1, 0.15) is 43.4 Å². The maximum atomic E-state index is 12.5. The van der Waals surface area contributed by atoms with Gasteiger partial charge >= 0.3 is 6.18 Å². The summed E-state index contributed by atoms with van der Waals surface area (Å²) in [5, 5.41) is 3.32. The molecule has 0 aliphatic carbocycles. The van der Waals surface area contributed by atoms with E-state index in [9.17, 15) is 13.2 Å². The molecule has 0 spiro atoms. The molecule has 1 aliphatic rings. The van der Waals surface area contributed by atoms with Crippen molar-refractivity contribution in [2.75, 3.05) is 13.2 Å². The molecule has 0 bridgehead atoms. The third-order valence-corrected chi connectivity index (χ3v) is 3.66. The Bertz CT molecular complexity index is 410. The molecule has 0 aromatic heterocycles. The lowest BCUT2D eigenvalue weighted by Gasteiger charge is -2.25. The fourth-order valence-corrected chi connectivity index (χ4v) is 2.36. The second-order valence-electron chi connectivity index (χ2n) is 5.24. The molecule has 1 aromatic rings. The van der Waals surface area contributed by atoms with Crippen LogP contribution in [0.3, 0.4) is 0 Å².